The van der Waals surface area contributed by atoms with Crippen molar-refractivity contribution in [3.63, 3.8) is 0 Å². The minimum atomic E-state index is 0.154. The first-order valence-corrected chi connectivity index (χ1v) is 5.80. The molecule has 3 heteroatoms. The van der Waals surface area contributed by atoms with E-state index in [1.165, 1.54) is 32.1 Å². The molecule has 2 aliphatic rings. The van der Waals surface area contributed by atoms with Gasteiger partial charge in [0.25, 0.3) is 0 Å². The van der Waals surface area contributed by atoms with Crippen molar-refractivity contribution < 1.29 is 0 Å². The number of hydrogen-bond acceptors (Lipinski definition) is 2. The number of amidine groups is 1. The Morgan fingerprint density at radius 2 is 2.07 bits per heavy atom. The van der Waals surface area contributed by atoms with Crippen LogP contribution in [0.4, 0.5) is 0 Å². The van der Waals surface area contributed by atoms with Crippen LogP contribution in [0.3, 0.4) is 0 Å². The summed E-state index contributed by atoms with van der Waals surface area (Å²) in [7, 11) is 0. The average Bonchev–Trinajstić information content (AvgIpc) is 2.63. The van der Waals surface area contributed by atoms with Crippen molar-refractivity contribution in [3.05, 3.63) is 0 Å². The highest BCUT2D eigenvalue weighted by Crippen LogP contribution is 2.37. The van der Waals surface area contributed by atoms with E-state index in [1.807, 2.05) is 0 Å². The molecule has 2 fully saturated rings. The van der Waals surface area contributed by atoms with Gasteiger partial charge in [0.05, 0.1) is 6.04 Å². The highest BCUT2D eigenvalue weighted by molar-refractivity contribution is 5.82. The van der Waals surface area contributed by atoms with Gasteiger partial charge >= 0.3 is 0 Å². The lowest BCUT2D eigenvalue weighted by atomic mass is 9.91. The predicted octanol–water partition coefficient (Wildman–Crippen LogP) is 1.58. The Labute approximate surface area is 86.2 Å². The maximum Gasteiger partial charge on any atom is 0.108 e. The summed E-state index contributed by atoms with van der Waals surface area (Å²) in [5.41, 5.74) is 5.59. The molecular weight excluding hydrogens is 174 g/mol. The topological polar surface area (TPSA) is 53.1 Å². The average molecular weight is 195 g/mol. The van der Waals surface area contributed by atoms with Crippen LogP contribution in [0.5, 0.6) is 0 Å². The van der Waals surface area contributed by atoms with Gasteiger partial charge in [0.2, 0.25) is 0 Å². The van der Waals surface area contributed by atoms with Crippen LogP contribution in [0.2, 0.25) is 0 Å². The van der Waals surface area contributed by atoms with Crippen molar-refractivity contribution in [2.75, 3.05) is 6.54 Å². The third-order valence-electron chi connectivity index (χ3n) is 3.98. The van der Waals surface area contributed by atoms with E-state index in [-0.39, 0.29) is 6.04 Å². The van der Waals surface area contributed by atoms with Crippen LogP contribution in [-0.2, 0) is 0 Å². The molecule has 0 aromatic rings. The van der Waals surface area contributed by atoms with E-state index in [0.717, 1.165) is 18.5 Å². The van der Waals surface area contributed by atoms with Crippen molar-refractivity contribution in [3.8, 4) is 0 Å². The lowest BCUT2D eigenvalue weighted by molar-refractivity contribution is 0.0990. The van der Waals surface area contributed by atoms with Crippen LogP contribution in [0.15, 0.2) is 0 Å². The molecule has 14 heavy (non-hydrogen) atoms. The summed E-state index contributed by atoms with van der Waals surface area (Å²) in [6.07, 6.45) is 6.77. The van der Waals surface area contributed by atoms with E-state index in [2.05, 4.69) is 11.8 Å². The molecule has 3 N–H and O–H groups in total. The highest BCUT2D eigenvalue weighted by atomic mass is 15.2. The molecule has 1 saturated heterocycles. The molecule has 0 bridgehead atoms. The fourth-order valence-electron chi connectivity index (χ4n) is 3.15. The second-order valence-electron chi connectivity index (χ2n) is 4.77. The van der Waals surface area contributed by atoms with Crippen molar-refractivity contribution in [2.45, 2.75) is 51.1 Å². The van der Waals surface area contributed by atoms with Crippen LogP contribution in [0, 0.1) is 11.3 Å². The Bertz CT molecular complexity index is 227. The summed E-state index contributed by atoms with van der Waals surface area (Å²) < 4.78 is 0. The van der Waals surface area contributed by atoms with E-state index < -0.39 is 0 Å². The number of nitrogens with zero attached hydrogens (tertiary/aromatic N) is 1. The molecule has 3 unspecified atom stereocenters. The molecule has 0 spiro atoms. The number of fused-ring (bicyclic) bond motifs is 1. The summed E-state index contributed by atoms with van der Waals surface area (Å²) >= 11 is 0. The normalized spacial score (nSPS) is 35.2. The third kappa shape index (κ3) is 1.65. The van der Waals surface area contributed by atoms with E-state index >= 15 is 0 Å². The molecule has 3 nitrogen and oxygen atoms in total. The summed E-state index contributed by atoms with van der Waals surface area (Å²) in [5, 5.41) is 7.52. The van der Waals surface area contributed by atoms with Gasteiger partial charge in [-0.3, -0.25) is 10.3 Å². The van der Waals surface area contributed by atoms with Gasteiger partial charge in [-0.05, 0) is 45.1 Å². The zero-order valence-corrected chi connectivity index (χ0v) is 9.00. The number of likely N-dealkylation sites (tertiary alicyclic amines) is 1. The van der Waals surface area contributed by atoms with Crippen molar-refractivity contribution >= 4 is 5.84 Å². The molecule has 80 valence electrons. The van der Waals surface area contributed by atoms with Crippen molar-refractivity contribution in [1.82, 2.24) is 4.90 Å². The predicted molar refractivity (Wildman–Crippen MR) is 58.4 cm³/mol. The number of nitrogens with two attached hydrogens (primary N) is 1. The molecule has 1 aliphatic carbocycles. The Balaban J connectivity index is 2.06. The van der Waals surface area contributed by atoms with Crippen LogP contribution in [0.25, 0.3) is 0 Å². The lowest BCUT2D eigenvalue weighted by Gasteiger charge is -2.41. The number of nitrogens with one attached hydrogen (secondary N) is 1. The summed E-state index contributed by atoms with van der Waals surface area (Å²) in [5.74, 6) is 1.23. The van der Waals surface area contributed by atoms with Gasteiger partial charge in [0, 0.05) is 6.04 Å². The number of hydrogen-bond donors (Lipinski definition) is 2. The summed E-state index contributed by atoms with van der Waals surface area (Å²) in [4.78, 5) is 2.46. The summed E-state index contributed by atoms with van der Waals surface area (Å²) in [6.45, 7) is 3.21. The standard InChI is InChI=1S/C11H21N3/c1-8(11(12)13)14-7-3-5-9-4-2-6-10(9)14/h8-10H,2-7H2,1H3,(H3,12,13). The SMILES string of the molecule is CC(C(=N)N)N1CCCC2CCCC21. The first kappa shape index (κ1) is 9.97. The van der Waals surface area contributed by atoms with Crippen LogP contribution in [-0.4, -0.2) is 29.4 Å². The molecule has 1 aliphatic heterocycles. The van der Waals surface area contributed by atoms with Crippen LogP contribution < -0.4 is 5.73 Å². The van der Waals surface area contributed by atoms with E-state index in [1.54, 1.807) is 0 Å². The fourth-order valence-corrected chi connectivity index (χ4v) is 3.15. The number of piperidine rings is 1. The van der Waals surface area contributed by atoms with Gasteiger partial charge in [-0.1, -0.05) is 6.42 Å². The van der Waals surface area contributed by atoms with Gasteiger partial charge in [-0.2, -0.15) is 0 Å². The second kappa shape index (κ2) is 3.89. The van der Waals surface area contributed by atoms with E-state index in [9.17, 15) is 0 Å². The quantitative estimate of drug-likeness (QED) is 0.519. The smallest absolute Gasteiger partial charge is 0.108 e. The van der Waals surface area contributed by atoms with Crippen molar-refractivity contribution in [1.29, 1.82) is 5.41 Å². The Morgan fingerprint density at radius 1 is 1.36 bits per heavy atom. The Hall–Kier alpha value is -0.570. The van der Waals surface area contributed by atoms with Crippen LogP contribution >= 0.6 is 0 Å². The minimum Gasteiger partial charge on any atom is -0.386 e. The third-order valence-corrected chi connectivity index (χ3v) is 3.98. The zero-order chi connectivity index (χ0) is 10.1. The second-order valence-corrected chi connectivity index (χ2v) is 4.77. The minimum absolute atomic E-state index is 0.154. The zero-order valence-electron chi connectivity index (χ0n) is 9.00. The van der Waals surface area contributed by atoms with Gasteiger partial charge in [0.1, 0.15) is 5.84 Å². The number of rotatable bonds is 2. The summed E-state index contributed by atoms with van der Waals surface area (Å²) in [6, 6.07) is 0.878. The molecular formula is C11H21N3. The van der Waals surface area contributed by atoms with E-state index in [4.69, 9.17) is 11.1 Å². The maximum atomic E-state index is 7.52. The molecule has 0 aromatic carbocycles. The molecule has 0 amide bonds. The lowest BCUT2D eigenvalue weighted by Crippen LogP contribution is -2.51. The van der Waals surface area contributed by atoms with Gasteiger partial charge < -0.3 is 5.73 Å². The first-order chi connectivity index (χ1) is 6.70. The van der Waals surface area contributed by atoms with Gasteiger partial charge in [0.15, 0.2) is 0 Å². The van der Waals surface area contributed by atoms with Crippen molar-refractivity contribution in [2.24, 2.45) is 11.7 Å². The monoisotopic (exact) mass is 195 g/mol. The molecule has 0 aromatic heterocycles. The largest absolute Gasteiger partial charge is 0.386 e. The Morgan fingerprint density at radius 3 is 2.79 bits per heavy atom. The van der Waals surface area contributed by atoms with E-state index in [0.29, 0.717) is 5.84 Å². The molecule has 1 heterocycles. The maximum absolute atomic E-state index is 7.52. The molecule has 0 radical (unpaired) electrons. The fraction of sp³-hybridized carbons (Fsp3) is 0.909. The molecule has 2 rings (SSSR count). The molecule has 1 saturated carbocycles. The molecule has 3 atom stereocenters. The van der Waals surface area contributed by atoms with Gasteiger partial charge in [-0.25, -0.2) is 0 Å². The van der Waals surface area contributed by atoms with Gasteiger partial charge in [-0.15, -0.1) is 0 Å². The highest BCUT2D eigenvalue weighted by Gasteiger charge is 2.37. The Kier molecular flexibility index (Phi) is 2.77. The first-order valence-electron chi connectivity index (χ1n) is 5.80. The van der Waals surface area contributed by atoms with Crippen LogP contribution in [0.1, 0.15) is 39.0 Å².